The number of hydrogen-bond acceptors (Lipinski definition) is 3. The van der Waals surface area contributed by atoms with Gasteiger partial charge in [0.15, 0.2) is 0 Å². The molecule has 0 aromatic heterocycles. The average Bonchev–Trinajstić information content (AvgIpc) is 2.50. The van der Waals surface area contributed by atoms with Crippen molar-refractivity contribution < 1.29 is 53.9 Å². The third-order valence-electron chi connectivity index (χ3n) is 3.04. The van der Waals surface area contributed by atoms with Gasteiger partial charge in [-0.2, -0.15) is 0 Å². The van der Waals surface area contributed by atoms with E-state index in [1.807, 2.05) is 0 Å². The van der Waals surface area contributed by atoms with Crippen molar-refractivity contribution in [2.45, 2.75) is 97.8 Å². The summed E-state index contributed by atoms with van der Waals surface area (Å²) in [5.41, 5.74) is 0. The number of rotatable bonds is 12. The molecule has 0 saturated carbocycles. The molecule has 3 N–H and O–H groups in total. The van der Waals surface area contributed by atoms with Crippen molar-refractivity contribution in [3.05, 3.63) is 0 Å². The minimum Gasteiger partial charge on any atom is -0.396 e. The molecule has 0 unspecified atom stereocenters. The van der Waals surface area contributed by atoms with E-state index in [2.05, 4.69) is 20.8 Å². The van der Waals surface area contributed by atoms with Gasteiger partial charge in [-0.25, -0.2) is 0 Å². The van der Waals surface area contributed by atoms with Crippen molar-refractivity contribution >= 4 is 0 Å². The van der Waals surface area contributed by atoms with Crippen molar-refractivity contribution in [2.24, 2.45) is 0 Å². The van der Waals surface area contributed by atoms with Crippen LogP contribution in [0, 0.1) is 38.6 Å². The topological polar surface area (TPSA) is 60.7 Å². The van der Waals surface area contributed by atoms with Gasteiger partial charge >= 0.3 is 0 Å². The zero-order chi connectivity index (χ0) is 16.6. The van der Waals surface area contributed by atoms with Gasteiger partial charge in [-0.3, -0.25) is 0 Å². The van der Waals surface area contributed by atoms with Crippen LogP contribution in [0.2, 0.25) is 0 Å². The Kier molecular flexibility index (Phi) is 53.5. The first-order valence-corrected chi connectivity index (χ1v) is 9.07. The zero-order valence-corrected chi connectivity index (χ0v) is 17.4. The van der Waals surface area contributed by atoms with Gasteiger partial charge in [0.1, 0.15) is 0 Å². The molecule has 0 saturated heterocycles. The molecule has 0 amide bonds. The molecular weight excluding hydrogens is 423 g/mol. The normalized spacial score (nSPS) is 9.00. The second-order valence-electron chi connectivity index (χ2n) is 5.35. The maximum Gasteiger partial charge on any atom is 0.0431 e. The number of aliphatic hydroxyl groups is 3. The maximum atomic E-state index is 8.29. The summed E-state index contributed by atoms with van der Waals surface area (Å²) < 4.78 is 0. The van der Waals surface area contributed by atoms with Gasteiger partial charge in [0.05, 0.1) is 0 Å². The van der Waals surface area contributed by atoms with Crippen LogP contribution < -0.4 is 0 Å². The van der Waals surface area contributed by atoms with E-state index in [0.717, 1.165) is 19.3 Å². The van der Waals surface area contributed by atoms with E-state index in [4.69, 9.17) is 15.3 Å². The van der Waals surface area contributed by atoms with E-state index in [-0.39, 0.29) is 38.6 Å². The molecule has 0 spiro atoms. The van der Waals surface area contributed by atoms with E-state index < -0.39 is 0 Å². The predicted octanol–water partition coefficient (Wildman–Crippen LogP) is 4.68. The van der Waals surface area contributed by atoms with Gasteiger partial charge in [-0.05, 0) is 19.3 Å². The van der Waals surface area contributed by atoms with Crippen molar-refractivity contribution in [1.29, 1.82) is 0 Å². The molecule has 0 aromatic rings. The summed E-state index contributed by atoms with van der Waals surface area (Å²) in [7, 11) is 0. The van der Waals surface area contributed by atoms with Gasteiger partial charge in [0.2, 0.25) is 0 Å². The Morgan fingerprint density at radius 2 is 0.636 bits per heavy atom. The third kappa shape index (κ3) is 49.7. The Balaban J connectivity index is -0.000000108. The molecule has 1 radical (unpaired) electrons. The quantitative estimate of drug-likeness (QED) is 0.367. The van der Waals surface area contributed by atoms with Crippen molar-refractivity contribution in [3.63, 3.8) is 0 Å². The van der Waals surface area contributed by atoms with E-state index in [1.165, 1.54) is 57.8 Å². The van der Waals surface area contributed by atoms with Crippen LogP contribution in [0.15, 0.2) is 0 Å². The summed E-state index contributed by atoms with van der Waals surface area (Å²) >= 11 is 0. The van der Waals surface area contributed by atoms with Crippen LogP contribution in [0.1, 0.15) is 97.8 Å². The van der Waals surface area contributed by atoms with E-state index in [9.17, 15) is 0 Å². The summed E-state index contributed by atoms with van der Waals surface area (Å²) in [6.07, 6.45) is 14.0. The van der Waals surface area contributed by atoms with E-state index >= 15 is 0 Å². The Labute approximate surface area is 170 Å². The van der Waals surface area contributed by atoms with Gasteiger partial charge in [-0.15, -0.1) is 0 Å². The largest absolute Gasteiger partial charge is 0.396 e. The number of hydrogen-bond donors (Lipinski definition) is 3. The number of aliphatic hydroxyl groups excluding tert-OH is 3. The summed E-state index contributed by atoms with van der Waals surface area (Å²) in [4.78, 5) is 0. The van der Waals surface area contributed by atoms with Crippen LogP contribution in [0.3, 0.4) is 0 Å². The van der Waals surface area contributed by atoms with Crippen LogP contribution in [0.5, 0.6) is 0 Å². The van der Waals surface area contributed by atoms with Crippen molar-refractivity contribution in [3.8, 4) is 0 Å². The zero-order valence-electron chi connectivity index (χ0n) is 15.3. The van der Waals surface area contributed by atoms with Crippen molar-refractivity contribution in [2.75, 3.05) is 19.8 Å². The van der Waals surface area contributed by atoms with Crippen LogP contribution in [-0.4, -0.2) is 35.1 Å². The first-order valence-electron chi connectivity index (χ1n) is 9.07. The second kappa shape index (κ2) is 38.0. The molecule has 3 nitrogen and oxygen atoms in total. The standard InChI is InChI=1S/3C6H14O.Tb/c3*1-2-3-4-5-6-7;/h3*7H,2-6H2,1H3;. The Bertz CT molecular complexity index is 99.7. The van der Waals surface area contributed by atoms with Gasteiger partial charge in [-0.1, -0.05) is 78.6 Å². The van der Waals surface area contributed by atoms with Crippen molar-refractivity contribution in [1.82, 2.24) is 0 Å². The molecular formula is C18H42O3Tb. The summed E-state index contributed by atoms with van der Waals surface area (Å²) in [5.74, 6) is 0. The molecule has 0 rings (SSSR count). The van der Waals surface area contributed by atoms with Crippen LogP contribution in [0.4, 0.5) is 0 Å². The molecule has 4 heteroatoms. The van der Waals surface area contributed by atoms with E-state index in [0.29, 0.717) is 19.8 Å². The minimum atomic E-state index is 0. The molecule has 0 fully saturated rings. The Hall–Kier alpha value is 1.17. The third-order valence-corrected chi connectivity index (χ3v) is 3.04. The predicted molar refractivity (Wildman–Crippen MR) is 93.7 cm³/mol. The monoisotopic (exact) mass is 465 g/mol. The maximum absolute atomic E-state index is 8.29. The Morgan fingerprint density at radius 3 is 0.773 bits per heavy atom. The first kappa shape index (κ1) is 31.0. The van der Waals surface area contributed by atoms with Gasteiger partial charge in [0.25, 0.3) is 0 Å². The fourth-order valence-electron chi connectivity index (χ4n) is 1.62. The van der Waals surface area contributed by atoms with E-state index in [1.54, 1.807) is 0 Å². The molecule has 141 valence electrons. The average molecular weight is 465 g/mol. The molecule has 0 aliphatic carbocycles. The molecule has 0 heterocycles. The summed E-state index contributed by atoms with van der Waals surface area (Å²) in [6, 6.07) is 0. The van der Waals surface area contributed by atoms with Gasteiger partial charge in [0, 0.05) is 58.4 Å². The summed E-state index contributed by atoms with van der Waals surface area (Å²) in [5, 5.41) is 24.9. The summed E-state index contributed by atoms with van der Waals surface area (Å²) in [6.45, 7) is 7.58. The number of unbranched alkanes of at least 4 members (excludes halogenated alkanes) is 9. The molecule has 0 aliphatic rings. The molecule has 0 atom stereocenters. The van der Waals surface area contributed by atoms with Crippen LogP contribution in [0.25, 0.3) is 0 Å². The van der Waals surface area contributed by atoms with Gasteiger partial charge < -0.3 is 15.3 Å². The molecule has 0 bridgehead atoms. The first-order chi connectivity index (χ1) is 10.2. The smallest absolute Gasteiger partial charge is 0.0431 e. The fourth-order valence-corrected chi connectivity index (χ4v) is 1.62. The Morgan fingerprint density at radius 1 is 0.409 bits per heavy atom. The van der Waals surface area contributed by atoms with Crippen LogP contribution in [-0.2, 0) is 0 Å². The fraction of sp³-hybridized carbons (Fsp3) is 1.00. The molecule has 22 heavy (non-hydrogen) atoms. The SMILES string of the molecule is CCCCCCO.CCCCCCO.CCCCCCO.[Tb]. The second-order valence-corrected chi connectivity index (χ2v) is 5.35. The molecule has 0 aliphatic heterocycles. The van der Waals surface area contributed by atoms with Crippen LogP contribution >= 0.6 is 0 Å². The molecule has 0 aromatic carbocycles. The minimum absolute atomic E-state index is 0.